The highest BCUT2D eigenvalue weighted by Gasteiger charge is 2.21. The largest absolute Gasteiger partial charge is 0.272 e. The minimum atomic E-state index is 0.127. The normalized spacial score (nSPS) is 12.4. The molecule has 0 aliphatic carbocycles. The summed E-state index contributed by atoms with van der Waals surface area (Å²) >= 11 is 3.52. The van der Waals surface area contributed by atoms with E-state index < -0.39 is 0 Å². The summed E-state index contributed by atoms with van der Waals surface area (Å²) in [5.41, 5.74) is 1.29. The molecule has 0 N–H and O–H groups in total. The first kappa shape index (κ1) is 11.8. The molecule has 14 heavy (non-hydrogen) atoms. The van der Waals surface area contributed by atoms with Crippen molar-refractivity contribution in [2.75, 3.05) is 5.33 Å². The lowest BCUT2D eigenvalue weighted by molar-refractivity contribution is 0.467. The summed E-state index contributed by atoms with van der Waals surface area (Å²) in [4.78, 5) is 0. The molecule has 0 aromatic carbocycles. The molecule has 0 saturated carbocycles. The van der Waals surface area contributed by atoms with E-state index in [9.17, 15) is 0 Å². The molecule has 1 rings (SSSR count). The number of alkyl halides is 1. The smallest absolute Gasteiger partial charge is 0.0689 e. The third-order valence-corrected chi connectivity index (χ3v) is 3.62. The molecular weight excluding hydrogens is 240 g/mol. The van der Waals surface area contributed by atoms with Gasteiger partial charge in [-0.25, -0.2) is 0 Å². The number of hydrogen-bond acceptors (Lipinski definition) is 1. The molecule has 0 aliphatic rings. The van der Waals surface area contributed by atoms with Gasteiger partial charge < -0.3 is 0 Å². The van der Waals surface area contributed by atoms with Crippen LogP contribution in [0.5, 0.6) is 0 Å². The third-order valence-electron chi connectivity index (χ3n) is 2.22. The van der Waals surface area contributed by atoms with Crippen molar-refractivity contribution in [1.29, 1.82) is 0 Å². The molecule has 0 amide bonds. The maximum Gasteiger partial charge on any atom is 0.0689 e. The molecular formula is C11H19BrN2. The molecule has 1 aromatic heterocycles. The average Bonchev–Trinajstić information content (AvgIpc) is 2.52. The first-order chi connectivity index (χ1) is 6.45. The molecule has 1 heterocycles. The summed E-state index contributed by atoms with van der Waals surface area (Å²) in [6.45, 7) is 9.81. The quantitative estimate of drug-likeness (QED) is 0.759. The number of hydrogen-bond donors (Lipinski definition) is 0. The van der Waals surface area contributed by atoms with Crippen LogP contribution in [0.4, 0.5) is 0 Å². The van der Waals surface area contributed by atoms with E-state index in [-0.39, 0.29) is 5.41 Å². The number of rotatable bonds is 4. The minimum Gasteiger partial charge on any atom is -0.272 e. The average molecular weight is 259 g/mol. The fraction of sp³-hybridized carbons (Fsp3) is 0.727. The standard InChI is InChI=1S/C11H19BrN2/c1-9(2)7-14-6-5-10(13-14)11(3,4)8-12/h5-6,9H,7-8H2,1-4H3. The van der Waals surface area contributed by atoms with Gasteiger partial charge in [0.15, 0.2) is 0 Å². The summed E-state index contributed by atoms with van der Waals surface area (Å²) in [7, 11) is 0. The van der Waals surface area contributed by atoms with E-state index in [0.717, 1.165) is 17.6 Å². The Balaban J connectivity index is 2.77. The second-order valence-corrected chi connectivity index (χ2v) is 5.40. The highest BCUT2D eigenvalue weighted by atomic mass is 79.9. The van der Waals surface area contributed by atoms with Crippen LogP contribution in [0.15, 0.2) is 12.3 Å². The van der Waals surface area contributed by atoms with E-state index in [0.29, 0.717) is 5.92 Å². The maximum absolute atomic E-state index is 4.58. The van der Waals surface area contributed by atoms with Gasteiger partial charge in [-0.15, -0.1) is 0 Å². The summed E-state index contributed by atoms with van der Waals surface area (Å²) in [5.74, 6) is 0.648. The Hall–Kier alpha value is -0.310. The molecule has 2 nitrogen and oxygen atoms in total. The van der Waals surface area contributed by atoms with E-state index in [1.54, 1.807) is 0 Å². The van der Waals surface area contributed by atoms with Gasteiger partial charge in [0, 0.05) is 23.5 Å². The summed E-state index contributed by atoms with van der Waals surface area (Å²) in [6.07, 6.45) is 2.07. The van der Waals surface area contributed by atoms with Crippen molar-refractivity contribution >= 4 is 15.9 Å². The number of halogens is 1. The molecule has 0 saturated heterocycles. The fourth-order valence-electron chi connectivity index (χ4n) is 1.27. The van der Waals surface area contributed by atoms with Gasteiger partial charge >= 0.3 is 0 Å². The summed E-state index contributed by atoms with van der Waals surface area (Å²) in [5, 5.41) is 5.52. The molecule has 0 spiro atoms. The molecule has 0 fully saturated rings. The van der Waals surface area contributed by atoms with Crippen LogP contribution in [0.3, 0.4) is 0 Å². The van der Waals surface area contributed by atoms with Crippen LogP contribution >= 0.6 is 15.9 Å². The second-order valence-electron chi connectivity index (χ2n) is 4.83. The molecule has 3 heteroatoms. The lowest BCUT2D eigenvalue weighted by atomic mass is 9.93. The molecule has 80 valence electrons. The van der Waals surface area contributed by atoms with Crippen LogP contribution in [0.1, 0.15) is 33.4 Å². The predicted molar refractivity (Wildman–Crippen MR) is 63.9 cm³/mol. The van der Waals surface area contributed by atoms with Gasteiger partial charge in [-0.05, 0) is 12.0 Å². The summed E-state index contributed by atoms with van der Waals surface area (Å²) in [6, 6.07) is 2.11. The van der Waals surface area contributed by atoms with Crippen LogP contribution in [0.2, 0.25) is 0 Å². The van der Waals surface area contributed by atoms with Gasteiger partial charge in [-0.3, -0.25) is 4.68 Å². The van der Waals surface area contributed by atoms with E-state index in [4.69, 9.17) is 0 Å². The fourth-order valence-corrected chi connectivity index (χ4v) is 1.55. The topological polar surface area (TPSA) is 17.8 Å². The lowest BCUT2D eigenvalue weighted by Gasteiger charge is -2.18. The van der Waals surface area contributed by atoms with Crippen molar-refractivity contribution in [2.24, 2.45) is 5.92 Å². The monoisotopic (exact) mass is 258 g/mol. The Kier molecular flexibility index (Phi) is 3.76. The van der Waals surface area contributed by atoms with Crippen molar-refractivity contribution < 1.29 is 0 Å². The maximum atomic E-state index is 4.58. The highest BCUT2D eigenvalue weighted by molar-refractivity contribution is 9.09. The van der Waals surface area contributed by atoms with Crippen molar-refractivity contribution in [3.63, 3.8) is 0 Å². The van der Waals surface area contributed by atoms with Gasteiger partial charge in [0.1, 0.15) is 0 Å². The molecule has 0 bridgehead atoms. The lowest BCUT2D eigenvalue weighted by Crippen LogP contribution is -2.20. The Morgan fingerprint density at radius 2 is 2.14 bits per heavy atom. The number of aromatic nitrogens is 2. The SMILES string of the molecule is CC(C)Cn1ccc(C(C)(C)CBr)n1. The predicted octanol–water partition coefficient (Wildman–Crippen LogP) is 3.21. The Bertz CT molecular complexity index is 289. The molecule has 0 radical (unpaired) electrons. The first-order valence-electron chi connectivity index (χ1n) is 5.05. The van der Waals surface area contributed by atoms with Gasteiger partial charge in [-0.2, -0.15) is 5.10 Å². The van der Waals surface area contributed by atoms with Crippen molar-refractivity contribution in [1.82, 2.24) is 9.78 Å². The molecule has 0 unspecified atom stereocenters. The Labute approximate surface area is 94.8 Å². The zero-order chi connectivity index (χ0) is 10.8. The van der Waals surface area contributed by atoms with Crippen LogP contribution < -0.4 is 0 Å². The highest BCUT2D eigenvalue weighted by Crippen LogP contribution is 2.23. The van der Waals surface area contributed by atoms with Crippen molar-refractivity contribution in [3.05, 3.63) is 18.0 Å². The number of nitrogens with zero attached hydrogens (tertiary/aromatic N) is 2. The van der Waals surface area contributed by atoms with E-state index in [2.05, 4.69) is 61.0 Å². The van der Waals surface area contributed by atoms with Crippen LogP contribution in [-0.4, -0.2) is 15.1 Å². The Morgan fingerprint density at radius 1 is 1.50 bits per heavy atom. The molecule has 0 aliphatic heterocycles. The third kappa shape index (κ3) is 2.84. The van der Waals surface area contributed by atoms with Crippen molar-refractivity contribution in [2.45, 2.75) is 39.7 Å². The second kappa shape index (κ2) is 4.47. The van der Waals surface area contributed by atoms with Crippen molar-refractivity contribution in [3.8, 4) is 0 Å². The van der Waals surface area contributed by atoms with Crippen LogP contribution in [-0.2, 0) is 12.0 Å². The van der Waals surface area contributed by atoms with E-state index in [1.807, 2.05) is 4.68 Å². The van der Waals surface area contributed by atoms with E-state index >= 15 is 0 Å². The van der Waals surface area contributed by atoms with E-state index in [1.165, 1.54) is 0 Å². The Morgan fingerprint density at radius 3 is 2.64 bits per heavy atom. The minimum absolute atomic E-state index is 0.127. The molecule has 0 atom stereocenters. The first-order valence-corrected chi connectivity index (χ1v) is 6.18. The van der Waals surface area contributed by atoms with Gasteiger partial charge in [0.05, 0.1) is 5.69 Å². The summed E-state index contributed by atoms with van der Waals surface area (Å²) < 4.78 is 2.03. The zero-order valence-corrected chi connectivity index (χ0v) is 11.0. The zero-order valence-electron chi connectivity index (χ0n) is 9.42. The van der Waals surface area contributed by atoms with Gasteiger partial charge in [0.25, 0.3) is 0 Å². The van der Waals surface area contributed by atoms with Gasteiger partial charge in [0.2, 0.25) is 0 Å². The van der Waals surface area contributed by atoms with Gasteiger partial charge in [-0.1, -0.05) is 43.6 Å². The van der Waals surface area contributed by atoms with Crippen LogP contribution in [0.25, 0.3) is 0 Å². The molecule has 1 aromatic rings. The van der Waals surface area contributed by atoms with Crippen LogP contribution in [0, 0.1) is 5.92 Å².